The van der Waals surface area contributed by atoms with Gasteiger partial charge in [-0.3, -0.25) is 0 Å². The average molecular weight is 333 g/mol. The van der Waals surface area contributed by atoms with Gasteiger partial charge in [0.05, 0.1) is 0 Å². The van der Waals surface area contributed by atoms with Crippen LogP contribution >= 0.6 is 11.6 Å². The standard InChI is InChI=1S/C18H17ClO4/c1-12-3-8-17(23-11-22-2)16(9-12)15(10-18(20)21)13-4-6-14(19)7-5-13/h3-10H,11H2,1-2H3,(H,20,21)/b15-10-. The van der Waals surface area contributed by atoms with Gasteiger partial charge in [0, 0.05) is 23.8 Å². The van der Waals surface area contributed by atoms with Gasteiger partial charge in [0.25, 0.3) is 0 Å². The van der Waals surface area contributed by atoms with Gasteiger partial charge in [-0.15, -0.1) is 0 Å². The van der Waals surface area contributed by atoms with Crippen LogP contribution in [0.2, 0.25) is 5.02 Å². The second kappa shape index (κ2) is 7.81. The summed E-state index contributed by atoms with van der Waals surface area (Å²) in [7, 11) is 1.53. The third kappa shape index (κ3) is 4.58. The summed E-state index contributed by atoms with van der Waals surface area (Å²) in [5.41, 5.74) is 2.97. The van der Waals surface area contributed by atoms with E-state index in [1.807, 2.05) is 19.1 Å². The number of carboxylic acid groups (broad SMARTS) is 1. The number of benzene rings is 2. The van der Waals surface area contributed by atoms with Crippen molar-refractivity contribution < 1.29 is 19.4 Å². The second-order valence-corrected chi connectivity index (χ2v) is 5.39. The number of halogens is 1. The highest BCUT2D eigenvalue weighted by Gasteiger charge is 2.13. The molecule has 0 fully saturated rings. The first-order valence-electron chi connectivity index (χ1n) is 6.94. The summed E-state index contributed by atoms with van der Waals surface area (Å²) in [6.07, 6.45) is 1.16. The maximum atomic E-state index is 11.3. The van der Waals surface area contributed by atoms with Crippen molar-refractivity contribution in [3.05, 3.63) is 70.3 Å². The van der Waals surface area contributed by atoms with Crippen LogP contribution in [-0.2, 0) is 9.53 Å². The molecule has 2 rings (SSSR count). The Hall–Kier alpha value is -2.30. The predicted octanol–water partition coefficient (Wildman–Crippen LogP) is 4.15. The smallest absolute Gasteiger partial charge is 0.328 e. The Morgan fingerprint density at radius 3 is 2.52 bits per heavy atom. The number of hydrogen-bond acceptors (Lipinski definition) is 3. The van der Waals surface area contributed by atoms with Crippen molar-refractivity contribution >= 4 is 23.1 Å². The molecule has 0 radical (unpaired) electrons. The lowest BCUT2D eigenvalue weighted by molar-refractivity contribution is -0.131. The van der Waals surface area contributed by atoms with Gasteiger partial charge >= 0.3 is 5.97 Å². The van der Waals surface area contributed by atoms with E-state index in [0.717, 1.165) is 17.2 Å². The third-order valence-electron chi connectivity index (χ3n) is 3.18. The average Bonchev–Trinajstić information content (AvgIpc) is 2.52. The van der Waals surface area contributed by atoms with Crippen LogP contribution in [0.15, 0.2) is 48.5 Å². The van der Waals surface area contributed by atoms with Gasteiger partial charge < -0.3 is 14.6 Å². The molecule has 0 amide bonds. The fraction of sp³-hybridized carbons (Fsp3) is 0.167. The van der Waals surface area contributed by atoms with E-state index in [1.165, 1.54) is 7.11 Å². The fourth-order valence-corrected chi connectivity index (χ4v) is 2.30. The number of aryl methyl sites for hydroxylation is 1. The van der Waals surface area contributed by atoms with E-state index in [2.05, 4.69) is 0 Å². The Morgan fingerprint density at radius 2 is 1.91 bits per heavy atom. The van der Waals surface area contributed by atoms with Crippen molar-refractivity contribution in [1.29, 1.82) is 0 Å². The zero-order valence-corrected chi connectivity index (χ0v) is 13.6. The van der Waals surface area contributed by atoms with Gasteiger partial charge in [0.1, 0.15) is 5.75 Å². The van der Waals surface area contributed by atoms with E-state index in [4.69, 9.17) is 21.1 Å². The van der Waals surface area contributed by atoms with E-state index in [0.29, 0.717) is 21.9 Å². The van der Waals surface area contributed by atoms with Crippen LogP contribution < -0.4 is 4.74 Å². The van der Waals surface area contributed by atoms with Crippen LogP contribution in [0.25, 0.3) is 5.57 Å². The first-order valence-corrected chi connectivity index (χ1v) is 7.32. The van der Waals surface area contributed by atoms with Gasteiger partial charge in [-0.05, 0) is 42.3 Å². The normalized spacial score (nSPS) is 11.3. The summed E-state index contributed by atoms with van der Waals surface area (Å²) >= 11 is 5.92. The molecule has 23 heavy (non-hydrogen) atoms. The van der Waals surface area contributed by atoms with Crippen molar-refractivity contribution in [3.63, 3.8) is 0 Å². The molecule has 0 aliphatic heterocycles. The largest absolute Gasteiger partial charge is 0.478 e. The van der Waals surface area contributed by atoms with Crippen molar-refractivity contribution in [2.45, 2.75) is 6.92 Å². The minimum Gasteiger partial charge on any atom is -0.478 e. The highest BCUT2D eigenvalue weighted by Crippen LogP contribution is 2.32. The topological polar surface area (TPSA) is 55.8 Å². The Kier molecular flexibility index (Phi) is 5.79. The van der Waals surface area contributed by atoms with Crippen LogP contribution in [-0.4, -0.2) is 25.0 Å². The van der Waals surface area contributed by atoms with E-state index in [-0.39, 0.29) is 6.79 Å². The van der Waals surface area contributed by atoms with Crippen LogP contribution in [0.4, 0.5) is 0 Å². The SMILES string of the molecule is COCOc1ccc(C)cc1/C(=C\C(=O)O)c1ccc(Cl)cc1. The molecule has 0 saturated carbocycles. The lowest BCUT2D eigenvalue weighted by Gasteiger charge is -2.15. The molecule has 0 saturated heterocycles. The van der Waals surface area contributed by atoms with E-state index >= 15 is 0 Å². The summed E-state index contributed by atoms with van der Waals surface area (Å²) in [5, 5.41) is 9.82. The Labute approximate surface area is 139 Å². The van der Waals surface area contributed by atoms with Gasteiger partial charge in [0.15, 0.2) is 6.79 Å². The van der Waals surface area contributed by atoms with Crippen LogP contribution in [0.1, 0.15) is 16.7 Å². The Morgan fingerprint density at radius 1 is 1.22 bits per heavy atom. The quantitative estimate of drug-likeness (QED) is 0.638. The number of carbonyl (C=O) groups is 1. The molecule has 0 aliphatic rings. The van der Waals surface area contributed by atoms with Gasteiger partial charge in [-0.25, -0.2) is 4.79 Å². The summed E-state index contributed by atoms with van der Waals surface area (Å²) in [6.45, 7) is 2.01. The molecule has 0 aliphatic carbocycles. The van der Waals surface area contributed by atoms with Gasteiger partial charge in [-0.2, -0.15) is 0 Å². The van der Waals surface area contributed by atoms with Crippen molar-refractivity contribution in [1.82, 2.24) is 0 Å². The van der Waals surface area contributed by atoms with Crippen molar-refractivity contribution in [2.75, 3.05) is 13.9 Å². The number of rotatable bonds is 6. The molecule has 2 aromatic carbocycles. The fourth-order valence-electron chi connectivity index (χ4n) is 2.17. The first-order chi connectivity index (χ1) is 11.0. The van der Waals surface area contributed by atoms with Crippen molar-refractivity contribution in [3.8, 4) is 5.75 Å². The number of methoxy groups -OCH3 is 1. The molecular formula is C18H17ClO4. The molecule has 0 aromatic heterocycles. The van der Waals surface area contributed by atoms with E-state index < -0.39 is 5.97 Å². The molecular weight excluding hydrogens is 316 g/mol. The van der Waals surface area contributed by atoms with Gasteiger partial charge in [0.2, 0.25) is 0 Å². The molecule has 120 valence electrons. The molecule has 0 bridgehead atoms. The second-order valence-electron chi connectivity index (χ2n) is 4.95. The minimum absolute atomic E-state index is 0.0804. The number of carboxylic acids is 1. The highest BCUT2D eigenvalue weighted by atomic mass is 35.5. The van der Waals surface area contributed by atoms with Crippen LogP contribution in [0, 0.1) is 6.92 Å². The van der Waals surface area contributed by atoms with E-state index in [1.54, 1.807) is 30.3 Å². The first kappa shape index (κ1) is 17.1. The Balaban J connectivity index is 2.57. The molecule has 4 nitrogen and oxygen atoms in total. The van der Waals surface area contributed by atoms with Crippen LogP contribution in [0.5, 0.6) is 5.75 Å². The third-order valence-corrected chi connectivity index (χ3v) is 3.43. The zero-order valence-electron chi connectivity index (χ0n) is 12.9. The van der Waals surface area contributed by atoms with Gasteiger partial charge in [-0.1, -0.05) is 35.4 Å². The number of ether oxygens (including phenoxy) is 2. The predicted molar refractivity (Wildman–Crippen MR) is 89.8 cm³/mol. The summed E-state index contributed by atoms with van der Waals surface area (Å²) in [4.78, 5) is 11.3. The van der Waals surface area contributed by atoms with E-state index in [9.17, 15) is 9.90 Å². The molecule has 0 unspecified atom stereocenters. The summed E-state index contributed by atoms with van der Waals surface area (Å²) in [5.74, 6) is -0.478. The maximum absolute atomic E-state index is 11.3. The zero-order chi connectivity index (χ0) is 16.8. The number of aliphatic carboxylic acids is 1. The van der Waals surface area contributed by atoms with Crippen LogP contribution in [0.3, 0.4) is 0 Å². The molecule has 1 N–H and O–H groups in total. The summed E-state index contributed by atoms with van der Waals surface area (Å²) in [6, 6.07) is 12.6. The molecule has 0 heterocycles. The Bertz CT molecular complexity index is 720. The summed E-state index contributed by atoms with van der Waals surface area (Å²) < 4.78 is 10.5. The molecule has 0 atom stereocenters. The minimum atomic E-state index is -1.03. The lowest BCUT2D eigenvalue weighted by atomic mass is 9.95. The van der Waals surface area contributed by atoms with Crippen molar-refractivity contribution in [2.24, 2.45) is 0 Å². The maximum Gasteiger partial charge on any atom is 0.328 e. The highest BCUT2D eigenvalue weighted by molar-refractivity contribution is 6.30. The monoisotopic (exact) mass is 332 g/mol. The molecule has 2 aromatic rings. The molecule has 5 heteroatoms. The lowest BCUT2D eigenvalue weighted by Crippen LogP contribution is -2.03. The number of hydrogen-bond donors (Lipinski definition) is 1. The molecule has 0 spiro atoms.